The summed E-state index contributed by atoms with van der Waals surface area (Å²) in [6.07, 6.45) is 1.63. The molecule has 0 bridgehead atoms. The number of nitrogens with one attached hydrogen (secondary N) is 1. The molecule has 3 aromatic rings. The number of furan rings is 1. The first kappa shape index (κ1) is 17.8. The molecule has 0 aliphatic heterocycles. The van der Waals surface area contributed by atoms with E-state index in [9.17, 15) is 4.79 Å². The van der Waals surface area contributed by atoms with Crippen molar-refractivity contribution in [2.24, 2.45) is 0 Å². The van der Waals surface area contributed by atoms with Crippen LogP contribution >= 0.6 is 0 Å². The van der Waals surface area contributed by atoms with Crippen LogP contribution in [0.1, 0.15) is 40.5 Å². The molecule has 136 valence electrons. The highest BCUT2D eigenvalue weighted by molar-refractivity contribution is 5.96. The average Bonchev–Trinajstić information content (AvgIpc) is 3.26. The Balaban J connectivity index is 1.81. The number of para-hydroxylation sites is 1. The lowest BCUT2D eigenvalue weighted by molar-refractivity contribution is 0.0944. The summed E-state index contributed by atoms with van der Waals surface area (Å²) in [6, 6.07) is 12.7. The van der Waals surface area contributed by atoms with Crippen LogP contribution < -0.4 is 10.1 Å². The monoisotopic (exact) mass is 353 g/mol. The molecule has 0 spiro atoms. The van der Waals surface area contributed by atoms with Crippen molar-refractivity contribution in [2.45, 2.75) is 26.8 Å². The van der Waals surface area contributed by atoms with Gasteiger partial charge in [-0.2, -0.15) is 5.10 Å². The minimum absolute atomic E-state index is 0.188. The van der Waals surface area contributed by atoms with E-state index < -0.39 is 0 Å². The lowest BCUT2D eigenvalue weighted by Crippen LogP contribution is -2.32. The zero-order chi connectivity index (χ0) is 18.5. The van der Waals surface area contributed by atoms with E-state index in [-0.39, 0.29) is 11.9 Å². The van der Waals surface area contributed by atoms with Crippen LogP contribution in [0, 0.1) is 13.8 Å². The van der Waals surface area contributed by atoms with Crippen LogP contribution in [0.3, 0.4) is 0 Å². The van der Waals surface area contributed by atoms with Crippen molar-refractivity contribution in [3.05, 3.63) is 71.4 Å². The summed E-state index contributed by atoms with van der Waals surface area (Å²) in [5.74, 6) is 1.13. The van der Waals surface area contributed by atoms with E-state index in [4.69, 9.17) is 9.15 Å². The summed E-state index contributed by atoms with van der Waals surface area (Å²) in [5.41, 5.74) is 2.45. The van der Waals surface area contributed by atoms with Gasteiger partial charge >= 0.3 is 0 Å². The number of hydrogen-bond acceptors (Lipinski definition) is 4. The molecule has 1 unspecified atom stereocenters. The van der Waals surface area contributed by atoms with Gasteiger partial charge < -0.3 is 14.5 Å². The van der Waals surface area contributed by atoms with Crippen molar-refractivity contribution in [2.75, 3.05) is 13.2 Å². The van der Waals surface area contributed by atoms with Crippen LogP contribution in [0.15, 0.2) is 53.1 Å². The molecule has 6 heteroatoms. The molecule has 26 heavy (non-hydrogen) atoms. The van der Waals surface area contributed by atoms with E-state index in [0.29, 0.717) is 24.5 Å². The Morgan fingerprint density at radius 3 is 2.73 bits per heavy atom. The van der Waals surface area contributed by atoms with Gasteiger partial charge in [-0.15, -0.1) is 0 Å². The van der Waals surface area contributed by atoms with Crippen molar-refractivity contribution in [1.82, 2.24) is 15.1 Å². The van der Waals surface area contributed by atoms with Crippen molar-refractivity contribution < 1.29 is 13.9 Å². The molecule has 0 saturated heterocycles. The Hall–Kier alpha value is -3.02. The van der Waals surface area contributed by atoms with Gasteiger partial charge in [-0.05, 0) is 51.1 Å². The third-order valence-corrected chi connectivity index (χ3v) is 4.10. The first-order valence-corrected chi connectivity index (χ1v) is 8.66. The van der Waals surface area contributed by atoms with Crippen molar-refractivity contribution >= 4 is 5.91 Å². The Kier molecular flexibility index (Phi) is 5.41. The quantitative estimate of drug-likeness (QED) is 0.706. The lowest BCUT2D eigenvalue weighted by Gasteiger charge is -2.18. The molecule has 1 atom stereocenters. The van der Waals surface area contributed by atoms with Gasteiger partial charge in [0, 0.05) is 12.2 Å². The number of amides is 1. The maximum atomic E-state index is 12.7. The normalized spacial score (nSPS) is 12.0. The second-order valence-corrected chi connectivity index (χ2v) is 6.04. The van der Waals surface area contributed by atoms with Gasteiger partial charge in [0.15, 0.2) is 0 Å². The predicted molar refractivity (Wildman–Crippen MR) is 98.5 cm³/mol. The average molecular weight is 353 g/mol. The molecule has 6 nitrogen and oxygen atoms in total. The van der Waals surface area contributed by atoms with E-state index in [1.165, 1.54) is 0 Å². The molecule has 3 rings (SSSR count). The Labute approximate surface area is 152 Å². The van der Waals surface area contributed by atoms with Crippen LogP contribution in [0.5, 0.6) is 5.75 Å². The molecular weight excluding hydrogens is 330 g/mol. The minimum atomic E-state index is -0.220. The van der Waals surface area contributed by atoms with Gasteiger partial charge in [0.25, 0.3) is 5.91 Å². The summed E-state index contributed by atoms with van der Waals surface area (Å²) < 4.78 is 13.0. The van der Waals surface area contributed by atoms with E-state index in [1.807, 2.05) is 55.8 Å². The summed E-state index contributed by atoms with van der Waals surface area (Å²) in [6.45, 7) is 6.69. The number of aryl methyl sites for hydroxylation is 2. The first-order valence-electron chi connectivity index (χ1n) is 8.66. The number of aromatic nitrogens is 2. The molecule has 0 radical (unpaired) electrons. The van der Waals surface area contributed by atoms with E-state index in [2.05, 4.69) is 10.4 Å². The van der Waals surface area contributed by atoms with Crippen molar-refractivity contribution in [1.29, 1.82) is 0 Å². The smallest absolute Gasteiger partial charge is 0.255 e. The SMILES string of the molecule is CCOc1ccccc1C(=O)NCC(c1ccco1)n1nc(C)cc1C. The van der Waals surface area contributed by atoms with Crippen LogP contribution in [0.4, 0.5) is 0 Å². The second kappa shape index (κ2) is 7.91. The largest absolute Gasteiger partial charge is 0.493 e. The topological polar surface area (TPSA) is 69.3 Å². The number of nitrogens with zero attached hydrogens (tertiary/aromatic N) is 2. The highest BCUT2D eigenvalue weighted by atomic mass is 16.5. The number of carbonyl (C=O) groups excluding carboxylic acids is 1. The maximum absolute atomic E-state index is 12.7. The fraction of sp³-hybridized carbons (Fsp3) is 0.300. The number of rotatable bonds is 7. The van der Waals surface area contributed by atoms with Crippen molar-refractivity contribution in [3.8, 4) is 5.75 Å². The maximum Gasteiger partial charge on any atom is 0.255 e. The van der Waals surface area contributed by atoms with E-state index in [1.54, 1.807) is 18.4 Å². The minimum Gasteiger partial charge on any atom is -0.493 e. The zero-order valence-electron chi connectivity index (χ0n) is 15.2. The zero-order valence-corrected chi connectivity index (χ0v) is 15.2. The second-order valence-electron chi connectivity index (χ2n) is 6.04. The van der Waals surface area contributed by atoms with Gasteiger partial charge in [0.1, 0.15) is 17.6 Å². The molecule has 2 aromatic heterocycles. The number of carbonyl (C=O) groups is 1. The van der Waals surface area contributed by atoms with Crippen LogP contribution in [-0.2, 0) is 0 Å². The van der Waals surface area contributed by atoms with Crippen molar-refractivity contribution in [3.63, 3.8) is 0 Å². The predicted octanol–water partition coefficient (Wildman–Crippen LogP) is 3.51. The number of benzene rings is 1. The number of hydrogen-bond donors (Lipinski definition) is 1. The summed E-state index contributed by atoms with van der Waals surface area (Å²) in [4.78, 5) is 12.7. The Morgan fingerprint density at radius 1 is 1.27 bits per heavy atom. The molecule has 0 saturated carbocycles. The highest BCUT2D eigenvalue weighted by Crippen LogP contribution is 2.22. The fourth-order valence-electron chi connectivity index (χ4n) is 2.97. The molecule has 0 fully saturated rings. The molecule has 0 aliphatic rings. The van der Waals surface area contributed by atoms with Crippen LogP contribution in [-0.4, -0.2) is 28.8 Å². The fourth-order valence-corrected chi connectivity index (χ4v) is 2.97. The molecule has 0 aliphatic carbocycles. The third-order valence-electron chi connectivity index (χ3n) is 4.10. The molecule has 1 N–H and O–H groups in total. The molecular formula is C20H23N3O3. The van der Waals surface area contributed by atoms with E-state index in [0.717, 1.165) is 17.1 Å². The molecule has 1 amide bonds. The molecule has 1 aromatic carbocycles. The third kappa shape index (κ3) is 3.79. The first-order chi connectivity index (χ1) is 12.6. The summed E-state index contributed by atoms with van der Waals surface area (Å²) >= 11 is 0. The van der Waals surface area contributed by atoms with Crippen LogP contribution in [0.2, 0.25) is 0 Å². The van der Waals surface area contributed by atoms with Gasteiger partial charge in [0.2, 0.25) is 0 Å². The standard InChI is InChI=1S/C20H23N3O3/c1-4-25-18-9-6-5-8-16(18)20(24)21-13-17(19-10-7-11-26-19)23-15(3)12-14(2)22-23/h5-12,17H,4,13H2,1-3H3,(H,21,24). The van der Waals surface area contributed by atoms with Gasteiger partial charge in [-0.1, -0.05) is 12.1 Å². The van der Waals surface area contributed by atoms with Crippen LogP contribution in [0.25, 0.3) is 0 Å². The lowest BCUT2D eigenvalue weighted by atomic mass is 10.1. The molecule has 2 heterocycles. The Bertz CT molecular complexity index is 868. The van der Waals surface area contributed by atoms with E-state index >= 15 is 0 Å². The van der Waals surface area contributed by atoms with Gasteiger partial charge in [-0.25, -0.2) is 0 Å². The summed E-state index contributed by atoms with van der Waals surface area (Å²) in [7, 11) is 0. The van der Waals surface area contributed by atoms with Gasteiger partial charge in [-0.3, -0.25) is 9.48 Å². The summed E-state index contributed by atoms with van der Waals surface area (Å²) in [5, 5.41) is 7.53. The highest BCUT2D eigenvalue weighted by Gasteiger charge is 2.21. The Morgan fingerprint density at radius 2 is 2.08 bits per heavy atom. The number of ether oxygens (including phenoxy) is 1. The van der Waals surface area contributed by atoms with Gasteiger partial charge in [0.05, 0.1) is 24.1 Å².